The molecule has 0 spiro atoms. The third kappa shape index (κ3) is 4.05. The molecule has 0 amide bonds. The fraction of sp³-hybridized carbons (Fsp3) is 0.455. The van der Waals surface area contributed by atoms with Crippen LogP contribution in [0.25, 0.3) is 0 Å². The molecule has 0 fully saturated rings. The Kier molecular flexibility index (Phi) is 6.04. The molecule has 8 heteroatoms. The molecule has 0 saturated carbocycles. The molecule has 5 nitrogen and oxygen atoms in total. The molecule has 1 aromatic rings. The van der Waals surface area contributed by atoms with Crippen molar-refractivity contribution < 1.29 is 17.9 Å². The van der Waals surface area contributed by atoms with Crippen LogP contribution in [-0.2, 0) is 19.5 Å². The van der Waals surface area contributed by atoms with Gasteiger partial charge >= 0.3 is 0 Å². The Labute approximate surface area is 123 Å². The molecule has 0 unspecified atom stereocenters. The summed E-state index contributed by atoms with van der Waals surface area (Å²) in [5.74, 6) is 0. The van der Waals surface area contributed by atoms with Crippen LogP contribution < -0.4 is 0 Å². The van der Waals surface area contributed by atoms with Crippen molar-refractivity contribution in [3.8, 4) is 0 Å². The van der Waals surface area contributed by atoms with Gasteiger partial charge < -0.3 is 9.47 Å². The highest BCUT2D eigenvalue weighted by Crippen LogP contribution is 2.26. The van der Waals surface area contributed by atoms with Gasteiger partial charge in [-0.1, -0.05) is 23.2 Å². The van der Waals surface area contributed by atoms with Crippen molar-refractivity contribution in [1.29, 1.82) is 0 Å². The molecule has 1 rings (SSSR count). The maximum atomic E-state index is 12.3. The molecule has 108 valence electrons. The van der Waals surface area contributed by atoms with Gasteiger partial charge in [0.15, 0.2) is 6.29 Å². The Bertz CT molecular complexity index is 531. The van der Waals surface area contributed by atoms with Crippen LogP contribution in [-0.4, -0.2) is 46.8 Å². The van der Waals surface area contributed by atoms with Gasteiger partial charge in [-0.3, -0.25) is 0 Å². The first-order valence-corrected chi connectivity index (χ1v) is 7.49. The molecule has 19 heavy (non-hydrogen) atoms. The van der Waals surface area contributed by atoms with Gasteiger partial charge in [-0.05, 0) is 18.2 Å². The van der Waals surface area contributed by atoms with E-state index in [1.807, 2.05) is 0 Å². The van der Waals surface area contributed by atoms with E-state index in [-0.39, 0.29) is 16.5 Å². The van der Waals surface area contributed by atoms with Crippen molar-refractivity contribution in [2.45, 2.75) is 11.2 Å². The lowest BCUT2D eigenvalue weighted by Crippen LogP contribution is -2.36. The summed E-state index contributed by atoms with van der Waals surface area (Å²) in [6, 6.07) is 4.15. The van der Waals surface area contributed by atoms with Crippen LogP contribution in [0.1, 0.15) is 0 Å². The highest BCUT2D eigenvalue weighted by atomic mass is 35.5. The lowest BCUT2D eigenvalue weighted by atomic mass is 10.4. The van der Waals surface area contributed by atoms with Crippen LogP contribution in [0.2, 0.25) is 10.0 Å². The second-order valence-corrected chi connectivity index (χ2v) is 6.62. The average Bonchev–Trinajstić information content (AvgIpc) is 2.38. The molecule has 0 N–H and O–H groups in total. The minimum atomic E-state index is -3.66. The van der Waals surface area contributed by atoms with E-state index in [0.29, 0.717) is 5.02 Å². The van der Waals surface area contributed by atoms with Crippen LogP contribution in [0.4, 0.5) is 0 Å². The van der Waals surface area contributed by atoms with Crippen molar-refractivity contribution in [2.75, 3.05) is 27.8 Å². The predicted octanol–water partition coefficient (Wildman–Crippen LogP) is 2.23. The zero-order valence-electron chi connectivity index (χ0n) is 10.8. The summed E-state index contributed by atoms with van der Waals surface area (Å²) in [7, 11) is 0.647. The first-order chi connectivity index (χ1) is 8.82. The Hall–Kier alpha value is -0.370. The molecule has 0 aliphatic carbocycles. The first kappa shape index (κ1) is 16.7. The Morgan fingerprint density at radius 2 is 1.79 bits per heavy atom. The van der Waals surface area contributed by atoms with Crippen LogP contribution in [0, 0.1) is 0 Å². The standard InChI is InChI=1S/C11H15Cl2NO4S/c1-14(7-11(17-2)18-3)19(15,16)8-4-5-9(12)10(13)6-8/h4-6,11H,7H2,1-3H3. The minimum Gasteiger partial charge on any atom is -0.355 e. The van der Waals surface area contributed by atoms with Gasteiger partial charge in [-0.15, -0.1) is 0 Å². The van der Waals surface area contributed by atoms with Gasteiger partial charge in [-0.25, -0.2) is 8.42 Å². The zero-order chi connectivity index (χ0) is 14.6. The van der Waals surface area contributed by atoms with Gasteiger partial charge in [0, 0.05) is 21.3 Å². The van der Waals surface area contributed by atoms with E-state index in [9.17, 15) is 8.42 Å². The van der Waals surface area contributed by atoms with Crippen LogP contribution in [0.3, 0.4) is 0 Å². The monoisotopic (exact) mass is 327 g/mol. The number of hydrogen-bond acceptors (Lipinski definition) is 4. The Morgan fingerprint density at radius 1 is 1.21 bits per heavy atom. The van der Waals surface area contributed by atoms with Gasteiger partial charge in [0.05, 0.1) is 21.5 Å². The van der Waals surface area contributed by atoms with E-state index in [4.69, 9.17) is 32.7 Å². The van der Waals surface area contributed by atoms with E-state index in [1.165, 1.54) is 39.5 Å². The maximum Gasteiger partial charge on any atom is 0.243 e. The summed E-state index contributed by atoms with van der Waals surface area (Å²) in [6.45, 7) is 0.0651. The molecule has 0 heterocycles. The third-order valence-electron chi connectivity index (χ3n) is 2.53. The van der Waals surface area contributed by atoms with Crippen molar-refractivity contribution in [3.05, 3.63) is 28.2 Å². The second-order valence-electron chi connectivity index (χ2n) is 3.76. The van der Waals surface area contributed by atoms with E-state index in [2.05, 4.69) is 0 Å². The van der Waals surface area contributed by atoms with Gasteiger partial charge in [-0.2, -0.15) is 4.31 Å². The first-order valence-electron chi connectivity index (χ1n) is 5.30. The fourth-order valence-corrected chi connectivity index (χ4v) is 2.92. The summed E-state index contributed by atoms with van der Waals surface area (Å²) in [5.41, 5.74) is 0. The highest BCUT2D eigenvalue weighted by molar-refractivity contribution is 7.89. The smallest absolute Gasteiger partial charge is 0.243 e. The Morgan fingerprint density at radius 3 is 2.26 bits per heavy atom. The molecule has 0 aromatic heterocycles. The summed E-state index contributed by atoms with van der Waals surface area (Å²) >= 11 is 11.6. The van der Waals surface area contributed by atoms with E-state index < -0.39 is 16.3 Å². The van der Waals surface area contributed by atoms with Crippen LogP contribution in [0.15, 0.2) is 23.1 Å². The second kappa shape index (κ2) is 6.88. The summed E-state index contributed by atoms with van der Waals surface area (Å²) in [4.78, 5) is 0.0651. The van der Waals surface area contributed by atoms with Gasteiger partial charge in [0.25, 0.3) is 0 Å². The van der Waals surface area contributed by atoms with Crippen molar-refractivity contribution in [1.82, 2.24) is 4.31 Å². The van der Waals surface area contributed by atoms with E-state index in [1.54, 1.807) is 0 Å². The molecule has 0 aliphatic rings. The summed E-state index contributed by atoms with van der Waals surface area (Å²) in [5, 5.41) is 0.487. The summed E-state index contributed by atoms with van der Waals surface area (Å²) in [6.07, 6.45) is -0.637. The quantitative estimate of drug-likeness (QED) is 0.752. The number of likely N-dealkylation sites (N-methyl/N-ethyl adjacent to an activating group) is 1. The molecule has 0 saturated heterocycles. The number of ether oxygens (including phenoxy) is 2. The molecule has 0 radical (unpaired) electrons. The van der Waals surface area contributed by atoms with E-state index >= 15 is 0 Å². The largest absolute Gasteiger partial charge is 0.355 e. The number of sulfonamides is 1. The van der Waals surface area contributed by atoms with Crippen molar-refractivity contribution in [2.24, 2.45) is 0 Å². The topological polar surface area (TPSA) is 55.8 Å². The molecule has 0 aliphatic heterocycles. The number of benzene rings is 1. The normalized spacial score (nSPS) is 12.4. The molecular formula is C11H15Cl2NO4S. The predicted molar refractivity (Wildman–Crippen MR) is 74.1 cm³/mol. The van der Waals surface area contributed by atoms with Gasteiger partial charge in [0.2, 0.25) is 10.0 Å². The number of methoxy groups -OCH3 is 2. The Balaban J connectivity index is 2.99. The van der Waals surface area contributed by atoms with Crippen molar-refractivity contribution in [3.63, 3.8) is 0 Å². The number of hydrogen-bond donors (Lipinski definition) is 0. The number of nitrogens with zero attached hydrogens (tertiary/aromatic N) is 1. The molecule has 0 bridgehead atoms. The average molecular weight is 328 g/mol. The lowest BCUT2D eigenvalue weighted by Gasteiger charge is -2.22. The summed E-state index contributed by atoms with van der Waals surface area (Å²) < 4.78 is 35.6. The SMILES string of the molecule is COC(CN(C)S(=O)(=O)c1ccc(Cl)c(Cl)c1)OC. The number of halogens is 2. The minimum absolute atomic E-state index is 0.0651. The highest BCUT2D eigenvalue weighted by Gasteiger charge is 2.24. The molecule has 0 atom stereocenters. The van der Waals surface area contributed by atoms with Gasteiger partial charge in [0.1, 0.15) is 0 Å². The van der Waals surface area contributed by atoms with Crippen molar-refractivity contribution >= 4 is 33.2 Å². The zero-order valence-corrected chi connectivity index (χ0v) is 13.1. The van der Waals surface area contributed by atoms with Crippen LogP contribution >= 0.6 is 23.2 Å². The van der Waals surface area contributed by atoms with Crippen LogP contribution in [0.5, 0.6) is 0 Å². The number of rotatable bonds is 6. The lowest BCUT2D eigenvalue weighted by molar-refractivity contribution is -0.106. The maximum absolute atomic E-state index is 12.3. The third-order valence-corrected chi connectivity index (χ3v) is 5.09. The molecular weight excluding hydrogens is 313 g/mol. The fourth-order valence-electron chi connectivity index (χ4n) is 1.37. The van der Waals surface area contributed by atoms with E-state index in [0.717, 1.165) is 4.31 Å². The molecule has 1 aromatic carbocycles.